The summed E-state index contributed by atoms with van der Waals surface area (Å²) in [5.41, 5.74) is 0.402. The standard InChI is InChI=1S/C16H13BrF3N/c17-13-8-9-15(14(11-13)16(18,19)20)21-10-4-7-12-5-2-1-3-6-12/h1-9,11,21H,10H2. The molecule has 1 N–H and O–H groups in total. The highest BCUT2D eigenvalue weighted by Crippen LogP contribution is 2.36. The zero-order chi connectivity index (χ0) is 15.3. The molecule has 0 aliphatic carbocycles. The van der Waals surface area contributed by atoms with Crippen LogP contribution in [0.25, 0.3) is 6.08 Å². The number of alkyl halides is 3. The zero-order valence-corrected chi connectivity index (χ0v) is 12.6. The summed E-state index contributed by atoms with van der Waals surface area (Å²) in [6, 6.07) is 13.7. The van der Waals surface area contributed by atoms with Crippen molar-refractivity contribution < 1.29 is 13.2 Å². The molecule has 0 unspecified atom stereocenters. The lowest BCUT2D eigenvalue weighted by molar-refractivity contribution is -0.137. The molecule has 2 rings (SSSR count). The molecular formula is C16H13BrF3N. The first-order chi connectivity index (χ1) is 9.97. The lowest BCUT2D eigenvalue weighted by atomic mass is 10.1. The monoisotopic (exact) mass is 355 g/mol. The van der Waals surface area contributed by atoms with Crippen molar-refractivity contribution in [3.05, 3.63) is 70.2 Å². The number of hydrogen-bond acceptors (Lipinski definition) is 1. The largest absolute Gasteiger partial charge is 0.418 e. The highest BCUT2D eigenvalue weighted by atomic mass is 79.9. The van der Waals surface area contributed by atoms with Gasteiger partial charge in [0.05, 0.1) is 5.56 Å². The van der Waals surface area contributed by atoms with Crippen molar-refractivity contribution >= 4 is 27.7 Å². The Morgan fingerprint density at radius 3 is 2.43 bits per heavy atom. The predicted molar refractivity (Wildman–Crippen MR) is 83.1 cm³/mol. The molecule has 0 heterocycles. The van der Waals surface area contributed by atoms with Gasteiger partial charge in [-0.2, -0.15) is 13.2 Å². The van der Waals surface area contributed by atoms with E-state index < -0.39 is 11.7 Å². The third-order valence-corrected chi connectivity index (χ3v) is 3.30. The number of halogens is 4. The van der Waals surface area contributed by atoms with Crippen molar-refractivity contribution in [1.82, 2.24) is 0 Å². The molecule has 0 amide bonds. The molecule has 110 valence electrons. The number of rotatable bonds is 4. The van der Waals surface area contributed by atoms with Crippen LogP contribution in [0.5, 0.6) is 0 Å². The normalized spacial score (nSPS) is 11.8. The average Bonchev–Trinajstić information content (AvgIpc) is 2.45. The van der Waals surface area contributed by atoms with Gasteiger partial charge >= 0.3 is 6.18 Å². The van der Waals surface area contributed by atoms with Gasteiger partial charge in [0.15, 0.2) is 0 Å². The topological polar surface area (TPSA) is 12.0 Å². The quantitative estimate of drug-likeness (QED) is 0.753. The first-order valence-electron chi connectivity index (χ1n) is 6.29. The van der Waals surface area contributed by atoms with Gasteiger partial charge in [-0.05, 0) is 23.8 Å². The van der Waals surface area contributed by atoms with E-state index in [0.29, 0.717) is 11.0 Å². The Morgan fingerprint density at radius 1 is 1.05 bits per heavy atom. The highest BCUT2D eigenvalue weighted by Gasteiger charge is 2.33. The second-order valence-electron chi connectivity index (χ2n) is 4.38. The summed E-state index contributed by atoms with van der Waals surface area (Å²) in [7, 11) is 0. The lowest BCUT2D eigenvalue weighted by Crippen LogP contribution is -2.10. The van der Waals surface area contributed by atoms with E-state index in [0.717, 1.165) is 11.6 Å². The number of anilines is 1. The van der Waals surface area contributed by atoms with Crippen molar-refractivity contribution in [1.29, 1.82) is 0 Å². The molecule has 0 aliphatic heterocycles. The molecule has 0 saturated heterocycles. The maximum absolute atomic E-state index is 12.9. The van der Waals surface area contributed by atoms with Crippen molar-refractivity contribution in [2.45, 2.75) is 6.18 Å². The van der Waals surface area contributed by atoms with Crippen LogP contribution in [-0.2, 0) is 6.18 Å². The maximum Gasteiger partial charge on any atom is 0.418 e. The van der Waals surface area contributed by atoms with Gasteiger partial charge in [0.1, 0.15) is 0 Å². The fraction of sp³-hybridized carbons (Fsp3) is 0.125. The predicted octanol–water partition coefficient (Wildman–Crippen LogP) is 5.59. The Balaban J connectivity index is 2.05. The average molecular weight is 356 g/mol. The molecule has 0 bridgehead atoms. The molecule has 5 heteroatoms. The lowest BCUT2D eigenvalue weighted by Gasteiger charge is -2.14. The van der Waals surface area contributed by atoms with Gasteiger partial charge in [0.25, 0.3) is 0 Å². The van der Waals surface area contributed by atoms with Crippen molar-refractivity contribution in [2.24, 2.45) is 0 Å². The second kappa shape index (κ2) is 6.80. The third-order valence-electron chi connectivity index (χ3n) is 2.81. The van der Waals surface area contributed by atoms with Crippen LogP contribution in [0.1, 0.15) is 11.1 Å². The van der Waals surface area contributed by atoms with Crippen molar-refractivity contribution in [2.75, 3.05) is 11.9 Å². The first-order valence-corrected chi connectivity index (χ1v) is 7.08. The molecule has 2 aromatic rings. The highest BCUT2D eigenvalue weighted by molar-refractivity contribution is 9.10. The molecule has 0 aliphatic rings. The Hall–Kier alpha value is -1.75. The minimum atomic E-state index is -4.38. The molecule has 0 fully saturated rings. The summed E-state index contributed by atoms with van der Waals surface area (Å²) in [5, 5.41) is 2.79. The molecule has 0 spiro atoms. The van der Waals surface area contributed by atoms with E-state index in [2.05, 4.69) is 21.2 Å². The second-order valence-corrected chi connectivity index (χ2v) is 5.30. The Labute approximate surface area is 129 Å². The molecule has 0 aromatic heterocycles. The maximum atomic E-state index is 12.9. The fourth-order valence-corrected chi connectivity index (χ4v) is 2.19. The summed E-state index contributed by atoms with van der Waals surface area (Å²) in [5.74, 6) is 0. The summed E-state index contributed by atoms with van der Waals surface area (Å²) >= 11 is 3.06. The van der Waals surface area contributed by atoms with Crippen LogP contribution in [0.2, 0.25) is 0 Å². The molecule has 2 aromatic carbocycles. The van der Waals surface area contributed by atoms with Crippen LogP contribution in [-0.4, -0.2) is 6.54 Å². The van der Waals surface area contributed by atoms with Gasteiger partial charge in [-0.1, -0.05) is 58.4 Å². The Morgan fingerprint density at radius 2 is 1.76 bits per heavy atom. The van der Waals surface area contributed by atoms with E-state index in [-0.39, 0.29) is 5.69 Å². The molecule has 0 radical (unpaired) electrons. The van der Waals surface area contributed by atoms with Gasteiger partial charge in [-0.3, -0.25) is 0 Å². The van der Waals surface area contributed by atoms with Gasteiger partial charge in [-0.15, -0.1) is 0 Å². The van der Waals surface area contributed by atoms with Gasteiger partial charge in [0, 0.05) is 16.7 Å². The summed E-state index contributed by atoms with van der Waals surface area (Å²) < 4.78 is 39.2. The smallest absolute Gasteiger partial charge is 0.381 e. The number of benzene rings is 2. The minimum absolute atomic E-state index is 0.0726. The van der Waals surface area contributed by atoms with Crippen molar-refractivity contribution in [3.8, 4) is 0 Å². The van der Waals surface area contributed by atoms with E-state index in [1.54, 1.807) is 12.1 Å². The number of hydrogen-bond donors (Lipinski definition) is 1. The summed E-state index contributed by atoms with van der Waals surface area (Å²) in [4.78, 5) is 0. The molecule has 0 saturated carbocycles. The van der Waals surface area contributed by atoms with E-state index in [9.17, 15) is 13.2 Å². The third kappa shape index (κ3) is 4.63. The Kier molecular flexibility index (Phi) is 5.07. The van der Waals surface area contributed by atoms with E-state index >= 15 is 0 Å². The zero-order valence-electron chi connectivity index (χ0n) is 11.0. The van der Waals surface area contributed by atoms with Crippen molar-refractivity contribution in [3.63, 3.8) is 0 Å². The molecule has 0 atom stereocenters. The van der Waals surface area contributed by atoms with Crippen LogP contribution in [0, 0.1) is 0 Å². The van der Waals surface area contributed by atoms with Crippen LogP contribution in [0.4, 0.5) is 18.9 Å². The molecule has 1 nitrogen and oxygen atoms in total. The van der Waals surface area contributed by atoms with Crippen LogP contribution < -0.4 is 5.32 Å². The summed E-state index contributed by atoms with van der Waals surface area (Å²) in [6.07, 6.45) is -0.730. The summed E-state index contributed by atoms with van der Waals surface area (Å²) in [6.45, 7) is 0.319. The van der Waals surface area contributed by atoms with Crippen LogP contribution >= 0.6 is 15.9 Å². The fourth-order valence-electron chi connectivity index (χ4n) is 1.83. The SMILES string of the molecule is FC(F)(F)c1cc(Br)ccc1NCC=Cc1ccccc1. The van der Waals surface area contributed by atoms with Crippen LogP contribution in [0.3, 0.4) is 0 Å². The first kappa shape index (κ1) is 15.6. The molecule has 21 heavy (non-hydrogen) atoms. The number of nitrogens with one attached hydrogen (secondary N) is 1. The van der Waals surface area contributed by atoms with E-state index in [4.69, 9.17) is 0 Å². The van der Waals surface area contributed by atoms with Gasteiger partial charge in [0.2, 0.25) is 0 Å². The minimum Gasteiger partial charge on any atom is -0.381 e. The Bertz CT molecular complexity index is 621. The van der Waals surface area contributed by atoms with Gasteiger partial charge < -0.3 is 5.32 Å². The van der Waals surface area contributed by atoms with E-state index in [1.165, 1.54) is 6.07 Å². The van der Waals surface area contributed by atoms with E-state index in [1.807, 2.05) is 36.4 Å². The van der Waals surface area contributed by atoms with Crippen LogP contribution in [0.15, 0.2) is 59.1 Å². The molecular weight excluding hydrogens is 343 g/mol. The van der Waals surface area contributed by atoms with Gasteiger partial charge in [-0.25, -0.2) is 0 Å².